The number of halogens is 1. The van der Waals surface area contributed by atoms with Crippen molar-refractivity contribution in [3.63, 3.8) is 0 Å². The lowest BCUT2D eigenvalue weighted by Crippen LogP contribution is -2.48. The van der Waals surface area contributed by atoms with Crippen LogP contribution in [0.1, 0.15) is 43.5 Å². The van der Waals surface area contributed by atoms with E-state index in [-0.39, 0.29) is 29.8 Å². The quantitative estimate of drug-likeness (QED) is 0.862. The zero-order chi connectivity index (χ0) is 17.0. The third-order valence-electron chi connectivity index (χ3n) is 4.68. The minimum absolute atomic E-state index is 0. The first-order chi connectivity index (χ1) is 10.8. The molecule has 2 unspecified atom stereocenters. The van der Waals surface area contributed by atoms with E-state index < -0.39 is 6.04 Å². The number of nitrogens with two attached hydrogens (primary N) is 1. The van der Waals surface area contributed by atoms with Gasteiger partial charge in [-0.1, -0.05) is 74.0 Å². The number of nitrogens with one attached hydrogen (secondary N) is 1. The second kappa shape index (κ2) is 8.32. The lowest BCUT2D eigenvalue weighted by Gasteiger charge is -2.33. The van der Waals surface area contributed by atoms with Crippen LogP contribution in [0.4, 0.5) is 0 Å². The van der Waals surface area contributed by atoms with Crippen molar-refractivity contribution in [1.82, 2.24) is 5.32 Å². The summed E-state index contributed by atoms with van der Waals surface area (Å²) >= 11 is 0. The Kier molecular flexibility index (Phi) is 7.00. The molecule has 4 heteroatoms. The molecule has 0 aliphatic carbocycles. The molecule has 0 radical (unpaired) electrons. The monoisotopic (exact) mass is 346 g/mol. The lowest BCUT2D eigenvalue weighted by molar-refractivity contribution is -0.123. The fourth-order valence-corrected chi connectivity index (χ4v) is 2.53. The van der Waals surface area contributed by atoms with Gasteiger partial charge in [0.05, 0.1) is 0 Å². The van der Waals surface area contributed by atoms with Crippen molar-refractivity contribution < 1.29 is 4.79 Å². The van der Waals surface area contributed by atoms with Crippen LogP contribution >= 0.6 is 12.4 Å². The predicted molar refractivity (Wildman–Crippen MR) is 102 cm³/mol. The molecule has 3 N–H and O–H groups in total. The number of aryl methyl sites for hydroxylation is 1. The molecule has 2 aromatic rings. The third kappa shape index (κ3) is 4.59. The van der Waals surface area contributed by atoms with Crippen LogP contribution in [0, 0.1) is 6.92 Å². The fraction of sp³-hybridized carbons (Fsp3) is 0.350. The molecule has 0 fully saturated rings. The van der Waals surface area contributed by atoms with E-state index in [0.29, 0.717) is 0 Å². The molecule has 0 aliphatic heterocycles. The van der Waals surface area contributed by atoms with Crippen LogP contribution in [0.25, 0.3) is 0 Å². The summed E-state index contributed by atoms with van der Waals surface area (Å²) in [5.74, 6) is -0.148. The van der Waals surface area contributed by atoms with Gasteiger partial charge in [0.15, 0.2) is 0 Å². The maximum absolute atomic E-state index is 12.5. The summed E-state index contributed by atoms with van der Waals surface area (Å²) in [5.41, 5.74) is 9.11. The van der Waals surface area contributed by atoms with Gasteiger partial charge in [-0.05, 0) is 25.0 Å². The molecule has 0 bridgehead atoms. The summed E-state index contributed by atoms with van der Waals surface area (Å²) in [7, 11) is 0. The van der Waals surface area contributed by atoms with Gasteiger partial charge >= 0.3 is 0 Å². The highest BCUT2D eigenvalue weighted by molar-refractivity contribution is 5.85. The van der Waals surface area contributed by atoms with E-state index >= 15 is 0 Å². The summed E-state index contributed by atoms with van der Waals surface area (Å²) in [4.78, 5) is 12.5. The van der Waals surface area contributed by atoms with E-state index in [1.54, 1.807) is 0 Å². The number of amides is 1. The van der Waals surface area contributed by atoms with Gasteiger partial charge in [-0.3, -0.25) is 4.79 Å². The first-order valence-corrected chi connectivity index (χ1v) is 8.00. The molecule has 0 spiro atoms. The van der Waals surface area contributed by atoms with Crippen LogP contribution in [-0.4, -0.2) is 11.9 Å². The smallest absolute Gasteiger partial charge is 0.241 e. The maximum Gasteiger partial charge on any atom is 0.241 e. The largest absolute Gasteiger partial charge is 0.351 e. The summed E-state index contributed by atoms with van der Waals surface area (Å²) in [5, 5.41) is 3.07. The average Bonchev–Trinajstić information content (AvgIpc) is 2.55. The number of rotatable bonds is 5. The first-order valence-electron chi connectivity index (χ1n) is 8.00. The number of carbonyl (C=O) groups excluding carboxylic acids is 1. The normalized spacial score (nSPS) is 13.5. The minimum atomic E-state index is -0.648. The molecule has 130 valence electrons. The van der Waals surface area contributed by atoms with Crippen molar-refractivity contribution in [3.05, 3.63) is 71.3 Å². The highest BCUT2D eigenvalue weighted by Crippen LogP contribution is 2.27. The summed E-state index contributed by atoms with van der Waals surface area (Å²) in [6.07, 6.45) is 0. The highest BCUT2D eigenvalue weighted by atomic mass is 35.5. The SMILES string of the molecule is Cc1ccc(C(N)C(=O)NC(C)C(C)(C)c2ccccc2)cc1.Cl. The third-order valence-corrected chi connectivity index (χ3v) is 4.68. The van der Waals surface area contributed by atoms with Gasteiger partial charge in [-0.25, -0.2) is 0 Å². The van der Waals surface area contributed by atoms with E-state index in [2.05, 4.69) is 31.3 Å². The molecule has 0 saturated heterocycles. The fourth-order valence-electron chi connectivity index (χ4n) is 2.53. The first kappa shape index (κ1) is 20.2. The van der Waals surface area contributed by atoms with Gasteiger partial charge in [-0.2, -0.15) is 0 Å². The summed E-state index contributed by atoms with van der Waals surface area (Å²) in [6.45, 7) is 8.29. The van der Waals surface area contributed by atoms with Crippen LogP contribution in [0.15, 0.2) is 54.6 Å². The van der Waals surface area contributed by atoms with Crippen LogP contribution in [0.5, 0.6) is 0 Å². The molecule has 1 amide bonds. The lowest BCUT2D eigenvalue weighted by atomic mass is 9.78. The van der Waals surface area contributed by atoms with E-state index in [0.717, 1.165) is 11.1 Å². The Bertz CT molecular complexity index is 653. The van der Waals surface area contributed by atoms with Gasteiger partial charge in [0.25, 0.3) is 0 Å². The van der Waals surface area contributed by atoms with E-state index in [1.807, 2.05) is 56.3 Å². The molecule has 0 saturated carbocycles. The summed E-state index contributed by atoms with van der Waals surface area (Å²) < 4.78 is 0. The van der Waals surface area contributed by atoms with Crippen molar-refractivity contribution in [3.8, 4) is 0 Å². The highest BCUT2D eigenvalue weighted by Gasteiger charge is 2.30. The van der Waals surface area contributed by atoms with Gasteiger partial charge < -0.3 is 11.1 Å². The van der Waals surface area contributed by atoms with Crippen molar-refractivity contribution in [2.24, 2.45) is 5.73 Å². The standard InChI is InChI=1S/C20H26N2O.ClH/c1-14-10-12-16(13-11-14)18(21)19(23)22-15(2)20(3,4)17-8-6-5-7-9-17;/h5-13,15,18H,21H2,1-4H3,(H,22,23);1H. The van der Waals surface area contributed by atoms with Crippen molar-refractivity contribution in [2.75, 3.05) is 0 Å². The number of carbonyl (C=O) groups is 1. The zero-order valence-corrected chi connectivity index (χ0v) is 15.6. The Morgan fingerprint density at radius 1 is 1.04 bits per heavy atom. The molecular formula is C20H27ClN2O. The molecule has 0 heterocycles. The van der Waals surface area contributed by atoms with Gasteiger partial charge in [0, 0.05) is 11.5 Å². The second-order valence-electron chi connectivity index (χ2n) is 6.71. The number of hydrogen-bond donors (Lipinski definition) is 2. The Balaban J connectivity index is 0.00000288. The molecule has 2 atom stereocenters. The van der Waals surface area contributed by atoms with Crippen LogP contribution in [0.2, 0.25) is 0 Å². The average molecular weight is 347 g/mol. The van der Waals surface area contributed by atoms with Crippen molar-refractivity contribution in [2.45, 2.75) is 45.2 Å². The Morgan fingerprint density at radius 2 is 1.58 bits per heavy atom. The van der Waals surface area contributed by atoms with Gasteiger partial charge in [0.1, 0.15) is 6.04 Å². The van der Waals surface area contributed by atoms with Gasteiger partial charge in [-0.15, -0.1) is 12.4 Å². The zero-order valence-electron chi connectivity index (χ0n) is 14.7. The van der Waals surface area contributed by atoms with E-state index in [4.69, 9.17) is 5.73 Å². The molecule has 0 aliphatic rings. The van der Waals surface area contributed by atoms with Crippen LogP contribution in [0.3, 0.4) is 0 Å². The molecule has 3 nitrogen and oxygen atoms in total. The Labute approximate surface area is 151 Å². The Morgan fingerprint density at radius 3 is 2.12 bits per heavy atom. The topological polar surface area (TPSA) is 55.1 Å². The number of hydrogen-bond acceptors (Lipinski definition) is 2. The minimum Gasteiger partial charge on any atom is -0.351 e. The van der Waals surface area contributed by atoms with E-state index in [1.165, 1.54) is 5.56 Å². The molecular weight excluding hydrogens is 320 g/mol. The maximum atomic E-state index is 12.5. The molecule has 24 heavy (non-hydrogen) atoms. The van der Waals surface area contributed by atoms with Crippen LogP contribution in [-0.2, 0) is 10.2 Å². The molecule has 0 aromatic heterocycles. The van der Waals surface area contributed by atoms with Crippen molar-refractivity contribution >= 4 is 18.3 Å². The van der Waals surface area contributed by atoms with Crippen LogP contribution < -0.4 is 11.1 Å². The second-order valence-corrected chi connectivity index (χ2v) is 6.71. The van der Waals surface area contributed by atoms with Gasteiger partial charge in [0.2, 0.25) is 5.91 Å². The predicted octanol–water partition coefficient (Wildman–Crippen LogP) is 3.90. The summed E-state index contributed by atoms with van der Waals surface area (Å²) in [6, 6.07) is 17.3. The molecule has 2 aromatic carbocycles. The van der Waals surface area contributed by atoms with E-state index in [9.17, 15) is 4.79 Å². The molecule has 2 rings (SSSR count). The van der Waals surface area contributed by atoms with Crippen molar-refractivity contribution in [1.29, 1.82) is 0 Å². The Hall–Kier alpha value is -1.84. The number of benzene rings is 2.